The molecule has 13 heteroatoms. The lowest BCUT2D eigenvalue weighted by atomic mass is 10.0. The van der Waals surface area contributed by atoms with E-state index in [-0.39, 0.29) is 17.9 Å². The molecule has 2 aliphatic heterocycles. The molecule has 0 bridgehead atoms. The smallest absolute Gasteiger partial charge is 0.338 e. The average Bonchev–Trinajstić information content (AvgIpc) is 2.70. The predicted octanol–water partition coefficient (Wildman–Crippen LogP) is 0.988. The van der Waals surface area contributed by atoms with Crippen molar-refractivity contribution in [3.8, 4) is 0 Å². The Bertz CT molecular complexity index is 904. The zero-order chi connectivity index (χ0) is 22.8. The molecule has 0 spiro atoms. The summed E-state index contributed by atoms with van der Waals surface area (Å²) in [7, 11) is -3.94. The van der Waals surface area contributed by atoms with Crippen LogP contribution in [0.3, 0.4) is 0 Å². The van der Waals surface area contributed by atoms with Crippen molar-refractivity contribution in [3.05, 3.63) is 39.9 Å². The summed E-state index contributed by atoms with van der Waals surface area (Å²) in [6, 6.07) is 4.79. The van der Waals surface area contributed by atoms with E-state index in [2.05, 4.69) is 0 Å². The first-order valence-corrected chi connectivity index (χ1v) is 11.2. The Labute approximate surface area is 178 Å². The van der Waals surface area contributed by atoms with Crippen molar-refractivity contribution in [2.24, 2.45) is 0 Å². The number of benzene rings is 1. The Hall–Kier alpha value is -2.16. The lowest BCUT2D eigenvalue weighted by Crippen LogP contribution is -2.61. The van der Waals surface area contributed by atoms with Crippen LogP contribution < -0.4 is 0 Å². The van der Waals surface area contributed by atoms with Crippen LogP contribution in [-0.4, -0.2) is 75.8 Å². The molecule has 2 fully saturated rings. The highest BCUT2D eigenvalue weighted by Gasteiger charge is 2.48. The highest BCUT2D eigenvalue weighted by Crippen LogP contribution is 2.30. The number of esters is 1. The van der Waals surface area contributed by atoms with Crippen LogP contribution in [0, 0.1) is 10.1 Å². The van der Waals surface area contributed by atoms with Gasteiger partial charge in [-0.1, -0.05) is 0 Å². The van der Waals surface area contributed by atoms with Crippen LogP contribution in [0.2, 0.25) is 0 Å². The van der Waals surface area contributed by atoms with Crippen LogP contribution in [0.25, 0.3) is 0 Å². The van der Waals surface area contributed by atoms with E-state index < -0.39 is 64.6 Å². The molecule has 1 aromatic carbocycles. The number of rotatable bonds is 7. The van der Waals surface area contributed by atoms with Crippen LogP contribution in [0.15, 0.2) is 24.3 Å². The molecule has 0 radical (unpaired) electrons. The van der Waals surface area contributed by atoms with Crippen LogP contribution in [0.5, 0.6) is 0 Å². The zero-order valence-corrected chi connectivity index (χ0v) is 17.9. The lowest BCUT2D eigenvalue weighted by molar-refractivity contribution is -0.384. The van der Waals surface area contributed by atoms with Gasteiger partial charge in [0.15, 0.2) is 12.6 Å². The Morgan fingerprint density at radius 2 is 1.87 bits per heavy atom. The molecule has 0 aromatic heterocycles. The molecule has 0 amide bonds. The number of nitrogens with zero attached hydrogens (tertiary/aromatic N) is 1. The fourth-order valence-electron chi connectivity index (χ4n) is 3.32. The molecule has 0 saturated carbocycles. The Balaban J connectivity index is 1.75. The van der Waals surface area contributed by atoms with Crippen LogP contribution in [-0.2, 0) is 38.0 Å². The Kier molecular flexibility index (Phi) is 7.24. The third-order valence-corrected chi connectivity index (χ3v) is 5.20. The first-order valence-electron chi connectivity index (χ1n) is 9.41. The Morgan fingerprint density at radius 1 is 1.19 bits per heavy atom. The van der Waals surface area contributed by atoms with Gasteiger partial charge in [-0.25, -0.2) is 4.79 Å². The standard InChI is InChI=1S/C18H23NO11S/c1-10-25-8-14-16(28-10)17(29-11(2)27-14)15(30-31(3,23)24)9-26-18(20)12-4-6-13(7-5-12)19(21)22/h4-7,10-11,14-17H,8-9H2,1-3H3. The van der Waals surface area contributed by atoms with E-state index in [1.165, 1.54) is 12.1 Å². The number of nitro groups is 1. The second kappa shape index (κ2) is 9.54. The highest BCUT2D eigenvalue weighted by molar-refractivity contribution is 7.86. The number of hydrogen-bond acceptors (Lipinski definition) is 11. The monoisotopic (exact) mass is 461 g/mol. The fourth-order valence-corrected chi connectivity index (χ4v) is 3.93. The van der Waals surface area contributed by atoms with Crippen molar-refractivity contribution in [1.82, 2.24) is 0 Å². The molecule has 1 aromatic rings. The van der Waals surface area contributed by atoms with Gasteiger partial charge in [-0.2, -0.15) is 8.42 Å². The molecule has 6 atom stereocenters. The van der Waals surface area contributed by atoms with Gasteiger partial charge in [0.05, 0.1) is 23.3 Å². The summed E-state index contributed by atoms with van der Waals surface area (Å²) >= 11 is 0. The maximum absolute atomic E-state index is 12.4. The van der Waals surface area contributed by atoms with Crippen molar-refractivity contribution in [2.45, 2.75) is 50.8 Å². The van der Waals surface area contributed by atoms with Gasteiger partial charge < -0.3 is 23.7 Å². The zero-order valence-electron chi connectivity index (χ0n) is 17.0. The summed E-state index contributed by atoms with van der Waals surface area (Å²) in [4.78, 5) is 22.5. The van der Waals surface area contributed by atoms with Gasteiger partial charge in [-0.05, 0) is 26.0 Å². The molecule has 31 heavy (non-hydrogen) atoms. The SMILES string of the molecule is CC1OCC2OC(C)OC(C(COC(=O)c3ccc([N+](=O)[O-])cc3)OS(C)(=O)=O)C2O1. The van der Waals surface area contributed by atoms with Gasteiger partial charge in [0.2, 0.25) is 0 Å². The second-order valence-electron chi connectivity index (χ2n) is 7.09. The molecule has 2 aliphatic rings. The molecule has 3 rings (SSSR count). The normalized spacial score (nSPS) is 29.6. The van der Waals surface area contributed by atoms with Crippen molar-refractivity contribution < 1.29 is 46.0 Å². The Morgan fingerprint density at radius 3 is 2.48 bits per heavy atom. The predicted molar refractivity (Wildman–Crippen MR) is 103 cm³/mol. The molecular formula is C18H23NO11S. The molecule has 12 nitrogen and oxygen atoms in total. The summed E-state index contributed by atoms with van der Waals surface area (Å²) < 4.78 is 56.5. The van der Waals surface area contributed by atoms with Gasteiger partial charge in [-0.3, -0.25) is 14.3 Å². The van der Waals surface area contributed by atoms with Crippen molar-refractivity contribution in [1.29, 1.82) is 0 Å². The van der Waals surface area contributed by atoms with Gasteiger partial charge in [-0.15, -0.1) is 0 Å². The van der Waals surface area contributed by atoms with E-state index in [1.807, 2.05) is 0 Å². The number of fused-ring (bicyclic) bond motifs is 1. The minimum atomic E-state index is -3.94. The first kappa shape index (κ1) is 23.5. The average molecular weight is 461 g/mol. The van der Waals surface area contributed by atoms with E-state index in [4.69, 9.17) is 27.9 Å². The maximum Gasteiger partial charge on any atom is 0.338 e. The van der Waals surface area contributed by atoms with E-state index in [9.17, 15) is 23.3 Å². The quantitative estimate of drug-likeness (QED) is 0.247. The van der Waals surface area contributed by atoms with Crippen LogP contribution in [0.1, 0.15) is 24.2 Å². The molecule has 0 N–H and O–H groups in total. The summed E-state index contributed by atoms with van der Waals surface area (Å²) in [5.74, 6) is -0.810. The number of nitro benzene ring substituents is 1. The summed E-state index contributed by atoms with van der Waals surface area (Å²) in [5.41, 5.74) is -0.130. The third-order valence-electron chi connectivity index (χ3n) is 4.61. The van der Waals surface area contributed by atoms with Crippen molar-refractivity contribution in [3.63, 3.8) is 0 Å². The summed E-state index contributed by atoms with van der Waals surface area (Å²) in [5, 5.41) is 10.7. The minimum Gasteiger partial charge on any atom is -0.459 e. The van der Waals surface area contributed by atoms with Gasteiger partial charge in [0, 0.05) is 12.1 Å². The van der Waals surface area contributed by atoms with Crippen molar-refractivity contribution in [2.75, 3.05) is 19.5 Å². The van der Waals surface area contributed by atoms with Crippen LogP contribution >= 0.6 is 0 Å². The number of ether oxygens (including phenoxy) is 5. The fraction of sp³-hybridized carbons (Fsp3) is 0.611. The highest BCUT2D eigenvalue weighted by atomic mass is 32.2. The molecule has 2 saturated heterocycles. The number of carbonyl (C=O) groups is 1. The van der Waals surface area contributed by atoms with E-state index in [0.717, 1.165) is 18.4 Å². The van der Waals surface area contributed by atoms with Crippen molar-refractivity contribution >= 4 is 21.8 Å². The number of carbonyl (C=O) groups excluding carboxylic acids is 1. The lowest BCUT2D eigenvalue weighted by Gasteiger charge is -2.46. The summed E-state index contributed by atoms with van der Waals surface area (Å²) in [6.45, 7) is 3.04. The minimum absolute atomic E-state index is 0.0544. The second-order valence-corrected chi connectivity index (χ2v) is 8.69. The van der Waals surface area contributed by atoms with E-state index >= 15 is 0 Å². The molecule has 172 valence electrons. The molecule has 6 unspecified atom stereocenters. The third kappa shape index (κ3) is 6.18. The molecule has 0 aliphatic carbocycles. The van der Waals surface area contributed by atoms with E-state index in [1.54, 1.807) is 13.8 Å². The first-order chi connectivity index (χ1) is 14.5. The summed E-state index contributed by atoms with van der Waals surface area (Å²) in [6.07, 6.45) is -3.81. The van der Waals surface area contributed by atoms with Gasteiger partial charge in [0.1, 0.15) is 31.0 Å². The molecule has 2 heterocycles. The molecular weight excluding hydrogens is 438 g/mol. The van der Waals surface area contributed by atoms with E-state index in [0.29, 0.717) is 0 Å². The van der Waals surface area contributed by atoms with Gasteiger partial charge >= 0.3 is 5.97 Å². The number of non-ortho nitro benzene ring substituents is 1. The topological polar surface area (TPSA) is 150 Å². The maximum atomic E-state index is 12.4. The van der Waals surface area contributed by atoms with Gasteiger partial charge in [0.25, 0.3) is 15.8 Å². The van der Waals surface area contributed by atoms with Crippen LogP contribution in [0.4, 0.5) is 5.69 Å². The number of hydrogen-bond donors (Lipinski definition) is 0. The largest absolute Gasteiger partial charge is 0.459 e.